The van der Waals surface area contributed by atoms with Crippen LogP contribution in [0.15, 0.2) is 4.99 Å². The molecule has 4 heteroatoms. The van der Waals surface area contributed by atoms with Crippen LogP contribution in [0.25, 0.3) is 0 Å². The largest absolute Gasteiger partial charge is 0.444 e. The molecule has 1 atom stereocenters. The fourth-order valence-electron chi connectivity index (χ4n) is 1.88. The molecular formula is C13H24N2O2. The highest BCUT2D eigenvalue weighted by atomic mass is 16.6. The van der Waals surface area contributed by atoms with Gasteiger partial charge >= 0.3 is 6.09 Å². The molecule has 4 nitrogen and oxygen atoms in total. The van der Waals surface area contributed by atoms with Gasteiger partial charge in [0.25, 0.3) is 0 Å². The molecule has 17 heavy (non-hydrogen) atoms. The van der Waals surface area contributed by atoms with E-state index in [1.807, 2.05) is 27.7 Å². The van der Waals surface area contributed by atoms with E-state index < -0.39 is 11.1 Å². The summed E-state index contributed by atoms with van der Waals surface area (Å²) < 4.78 is 5.27. The highest BCUT2D eigenvalue weighted by Gasteiger charge is 2.34. The van der Waals surface area contributed by atoms with Gasteiger partial charge in [-0.05, 0) is 40.0 Å². The number of aliphatic imine (C=N–C) groups is 1. The summed E-state index contributed by atoms with van der Waals surface area (Å²) in [6, 6.07) is 0. The van der Waals surface area contributed by atoms with Crippen LogP contribution in [0, 0.1) is 5.92 Å². The molecule has 0 radical (unpaired) electrons. The van der Waals surface area contributed by atoms with Gasteiger partial charge in [-0.3, -0.25) is 4.99 Å². The molecule has 0 aromatic heterocycles. The molecule has 1 fully saturated rings. The first-order valence-corrected chi connectivity index (χ1v) is 6.18. The van der Waals surface area contributed by atoms with Crippen LogP contribution in [0.2, 0.25) is 0 Å². The molecule has 0 saturated heterocycles. The summed E-state index contributed by atoms with van der Waals surface area (Å²) in [5.74, 6) is 0.716. The van der Waals surface area contributed by atoms with E-state index in [0.717, 1.165) is 6.42 Å². The van der Waals surface area contributed by atoms with Crippen molar-refractivity contribution >= 4 is 12.3 Å². The second kappa shape index (κ2) is 5.07. The normalized spacial score (nSPS) is 20.1. The Hall–Kier alpha value is -1.06. The number of carbonyl (C=O) groups is 1. The van der Waals surface area contributed by atoms with Crippen LogP contribution in [0.5, 0.6) is 0 Å². The number of nitrogens with zero attached hydrogens (tertiary/aromatic N) is 1. The molecule has 1 rings (SSSR count). The maximum absolute atomic E-state index is 11.8. The maximum Gasteiger partial charge on any atom is 0.408 e. The van der Waals surface area contributed by atoms with Crippen molar-refractivity contribution < 1.29 is 9.53 Å². The predicted octanol–water partition coefficient (Wildman–Crippen LogP) is 2.77. The summed E-state index contributed by atoms with van der Waals surface area (Å²) in [6.45, 7) is 7.57. The van der Waals surface area contributed by atoms with Crippen molar-refractivity contribution in [2.24, 2.45) is 10.9 Å². The molecular weight excluding hydrogens is 216 g/mol. The smallest absolute Gasteiger partial charge is 0.408 e. The molecule has 0 heterocycles. The van der Waals surface area contributed by atoms with Crippen molar-refractivity contribution in [3.8, 4) is 0 Å². The Balaban J connectivity index is 2.56. The molecule has 0 aromatic carbocycles. The Labute approximate surface area is 104 Å². The lowest BCUT2D eigenvalue weighted by Gasteiger charge is -2.29. The zero-order valence-electron chi connectivity index (χ0n) is 11.5. The number of nitrogens with one attached hydrogen (secondary N) is 1. The van der Waals surface area contributed by atoms with Gasteiger partial charge in [-0.1, -0.05) is 12.8 Å². The van der Waals surface area contributed by atoms with Gasteiger partial charge in [0.2, 0.25) is 0 Å². The topological polar surface area (TPSA) is 50.7 Å². The number of amides is 1. The Morgan fingerprint density at radius 2 is 2.00 bits per heavy atom. The highest BCUT2D eigenvalue weighted by Crippen LogP contribution is 2.36. The zero-order chi connectivity index (χ0) is 13.1. The number of hydrogen-bond donors (Lipinski definition) is 1. The van der Waals surface area contributed by atoms with E-state index in [9.17, 15) is 4.79 Å². The van der Waals surface area contributed by atoms with Crippen LogP contribution in [0.3, 0.4) is 0 Å². The van der Waals surface area contributed by atoms with Crippen molar-refractivity contribution in [3.05, 3.63) is 0 Å². The standard InChI is InChI=1S/C13H24N2O2/c1-12(2,3)17-11(16)15-13(4,9-14-5)8-10-6-7-10/h9-10H,6-8H2,1-5H3,(H,15,16)/b14-9+. The second-order valence-corrected chi connectivity index (χ2v) is 6.08. The van der Waals surface area contributed by atoms with Gasteiger partial charge in [0.05, 0.1) is 5.54 Å². The third-order valence-corrected chi connectivity index (χ3v) is 2.61. The Morgan fingerprint density at radius 1 is 1.41 bits per heavy atom. The summed E-state index contributed by atoms with van der Waals surface area (Å²) in [5.41, 5.74) is -0.855. The molecule has 1 aliphatic rings. The second-order valence-electron chi connectivity index (χ2n) is 6.08. The third kappa shape index (κ3) is 5.71. The summed E-state index contributed by atoms with van der Waals surface area (Å²) in [4.78, 5) is 15.8. The number of carbonyl (C=O) groups excluding carboxylic acids is 1. The lowest BCUT2D eigenvalue weighted by atomic mass is 9.96. The summed E-state index contributed by atoms with van der Waals surface area (Å²) >= 11 is 0. The first-order chi connectivity index (χ1) is 7.74. The Bertz CT molecular complexity index is 303. The minimum Gasteiger partial charge on any atom is -0.444 e. The van der Waals surface area contributed by atoms with Gasteiger partial charge in [0.1, 0.15) is 5.60 Å². The molecule has 0 spiro atoms. The van der Waals surface area contributed by atoms with Gasteiger partial charge in [-0.25, -0.2) is 4.79 Å². The summed E-state index contributed by atoms with van der Waals surface area (Å²) in [5, 5.41) is 2.91. The predicted molar refractivity (Wildman–Crippen MR) is 69.5 cm³/mol. The van der Waals surface area contributed by atoms with Gasteiger partial charge in [-0.15, -0.1) is 0 Å². The average molecular weight is 240 g/mol. The first-order valence-electron chi connectivity index (χ1n) is 6.18. The molecule has 0 aliphatic heterocycles. The van der Waals surface area contributed by atoms with E-state index in [-0.39, 0.29) is 6.09 Å². The van der Waals surface area contributed by atoms with Gasteiger partial charge in [0.15, 0.2) is 0 Å². The van der Waals surface area contributed by atoms with E-state index in [2.05, 4.69) is 10.3 Å². The maximum atomic E-state index is 11.8. The van der Waals surface area contributed by atoms with E-state index >= 15 is 0 Å². The third-order valence-electron chi connectivity index (χ3n) is 2.61. The summed E-state index contributed by atoms with van der Waals surface area (Å²) in [6.07, 6.45) is 4.87. The van der Waals surface area contributed by atoms with Crippen LogP contribution in [-0.4, -0.2) is 30.5 Å². The fraction of sp³-hybridized carbons (Fsp3) is 0.846. The van der Waals surface area contributed by atoms with Gasteiger partial charge in [-0.2, -0.15) is 0 Å². The molecule has 1 unspecified atom stereocenters. The first kappa shape index (κ1) is 14.0. The van der Waals surface area contributed by atoms with Crippen LogP contribution in [0.4, 0.5) is 4.79 Å². The SMILES string of the molecule is C/N=C/C(C)(CC1CC1)NC(=O)OC(C)(C)C. The minimum absolute atomic E-state index is 0.374. The van der Waals surface area contributed by atoms with E-state index in [4.69, 9.17) is 4.74 Å². The molecule has 1 amide bonds. The van der Waals surface area contributed by atoms with Crippen LogP contribution >= 0.6 is 0 Å². The lowest BCUT2D eigenvalue weighted by molar-refractivity contribution is 0.0488. The molecule has 0 bridgehead atoms. The van der Waals surface area contributed by atoms with Crippen molar-refractivity contribution in [3.63, 3.8) is 0 Å². The summed E-state index contributed by atoms with van der Waals surface area (Å²) in [7, 11) is 1.72. The zero-order valence-corrected chi connectivity index (χ0v) is 11.5. The molecule has 1 saturated carbocycles. The quantitative estimate of drug-likeness (QED) is 0.768. The van der Waals surface area contributed by atoms with Crippen LogP contribution in [0.1, 0.15) is 47.0 Å². The molecule has 0 aromatic rings. The number of alkyl carbamates (subject to hydrolysis) is 1. The van der Waals surface area contributed by atoms with Crippen molar-refractivity contribution in [1.29, 1.82) is 0 Å². The Morgan fingerprint density at radius 3 is 2.41 bits per heavy atom. The van der Waals surface area contributed by atoms with Crippen molar-refractivity contribution in [2.45, 2.75) is 58.1 Å². The lowest BCUT2D eigenvalue weighted by Crippen LogP contribution is -2.49. The highest BCUT2D eigenvalue weighted by molar-refractivity contribution is 5.78. The van der Waals surface area contributed by atoms with Crippen molar-refractivity contribution in [2.75, 3.05) is 7.05 Å². The van der Waals surface area contributed by atoms with Crippen molar-refractivity contribution in [1.82, 2.24) is 5.32 Å². The van der Waals surface area contributed by atoms with Crippen LogP contribution < -0.4 is 5.32 Å². The Kier molecular flexibility index (Phi) is 4.17. The monoisotopic (exact) mass is 240 g/mol. The van der Waals surface area contributed by atoms with Crippen LogP contribution in [-0.2, 0) is 4.74 Å². The fourth-order valence-corrected chi connectivity index (χ4v) is 1.88. The van der Waals surface area contributed by atoms with Gasteiger partial charge in [0, 0.05) is 13.3 Å². The number of hydrogen-bond acceptors (Lipinski definition) is 3. The molecule has 98 valence electrons. The van der Waals surface area contributed by atoms with E-state index in [0.29, 0.717) is 5.92 Å². The van der Waals surface area contributed by atoms with E-state index in [1.54, 1.807) is 13.3 Å². The number of ether oxygens (including phenoxy) is 1. The minimum atomic E-state index is -0.464. The number of rotatable bonds is 4. The average Bonchev–Trinajstić information content (AvgIpc) is 2.83. The van der Waals surface area contributed by atoms with E-state index in [1.165, 1.54) is 12.8 Å². The van der Waals surface area contributed by atoms with Gasteiger partial charge < -0.3 is 10.1 Å². The molecule has 1 N–H and O–H groups in total. The molecule has 1 aliphatic carbocycles.